The number of amides is 1. The quantitative estimate of drug-likeness (QED) is 0.621. The van der Waals surface area contributed by atoms with Crippen LogP contribution in [0.15, 0.2) is 48.5 Å². The van der Waals surface area contributed by atoms with Crippen LogP contribution < -0.4 is 5.32 Å². The minimum Gasteiger partial charge on any atom is -0.382 e. The number of benzene rings is 2. The summed E-state index contributed by atoms with van der Waals surface area (Å²) in [6.07, 6.45) is 1.16. The van der Waals surface area contributed by atoms with Crippen LogP contribution in [0.5, 0.6) is 0 Å². The second-order valence-electron chi connectivity index (χ2n) is 5.73. The molecule has 1 N–H and O–H groups in total. The van der Waals surface area contributed by atoms with Gasteiger partial charge in [0.2, 0.25) is 5.91 Å². The highest BCUT2D eigenvalue weighted by Gasteiger charge is 2.09. The molecule has 0 saturated carbocycles. The smallest absolute Gasteiger partial charge is 0.226 e. The van der Waals surface area contributed by atoms with E-state index in [4.69, 9.17) is 4.74 Å². The Hall–Kier alpha value is -2.24. The van der Waals surface area contributed by atoms with Crippen molar-refractivity contribution in [1.82, 2.24) is 10.3 Å². The molecule has 1 aromatic heterocycles. The van der Waals surface area contributed by atoms with E-state index < -0.39 is 0 Å². The third kappa shape index (κ3) is 4.87. The molecule has 0 aliphatic heterocycles. The molecule has 0 unspecified atom stereocenters. The molecule has 0 bridgehead atoms. The maximum absolute atomic E-state index is 12.0. The average molecular weight is 354 g/mol. The fourth-order valence-corrected chi connectivity index (χ4v) is 3.61. The van der Waals surface area contributed by atoms with Crippen molar-refractivity contribution in [3.8, 4) is 11.1 Å². The molecule has 0 fully saturated rings. The second kappa shape index (κ2) is 8.74. The van der Waals surface area contributed by atoms with E-state index in [2.05, 4.69) is 34.6 Å². The van der Waals surface area contributed by atoms with Gasteiger partial charge in [-0.25, -0.2) is 4.98 Å². The van der Waals surface area contributed by atoms with Crippen molar-refractivity contribution in [3.63, 3.8) is 0 Å². The highest BCUT2D eigenvalue weighted by molar-refractivity contribution is 7.18. The number of rotatable bonds is 8. The number of carbonyl (C=O) groups is 1. The molecule has 0 atom stereocenters. The molecule has 5 heteroatoms. The molecule has 3 rings (SSSR count). The first-order valence-corrected chi connectivity index (χ1v) is 9.37. The zero-order valence-electron chi connectivity index (χ0n) is 14.3. The molecular formula is C20H22N2O2S. The van der Waals surface area contributed by atoms with E-state index >= 15 is 0 Å². The summed E-state index contributed by atoms with van der Waals surface area (Å²) in [7, 11) is 0. The Kier molecular flexibility index (Phi) is 6.14. The molecule has 0 aliphatic rings. The minimum absolute atomic E-state index is 0.0128. The molecule has 1 heterocycles. The number of aromatic nitrogens is 1. The summed E-state index contributed by atoms with van der Waals surface area (Å²) in [4.78, 5) is 16.6. The highest BCUT2D eigenvalue weighted by Crippen LogP contribution is 2.28. The molecule has 0 saturated heterocycles. The molecule has 25 heavy (non-hydrogen) atoms. The summed E-state index contributed by atoms with van der Waals surface area (Å²) < 4.78 is 6.37. The standard InChI is InChI=1S/C20H22N2O2S/c1-2-24-12-6-11-21-19(23)14-20-22-17-10-9-16(13-18(17)25-20)15-7-4-3-5-8-15/h3-5,7-10,13H,2,6,11-12,14H2,1H3,(H,21,23). The molecule has 4 nitrogen and oxygen atoms in total. The number of fused-ring (bicyclic) bond motifs is 1. The highest BCUT2D eigenvalue weighted by atomic mass is 32.1. The number of thiazole rings is 1. The molecule has 0 spiro atoms. The van der Waals surface area contributed by atoms with E-state index in [1.165, 1.54) is 11.1 Å². The summed E-state index contributed by atoms with van der Waals surface area (Å²) in [6, 6.07) is 16.5. The third-order valence-electron chi connectivity index (χ3n) is 3.84. The predicted octanol–water partition coefficient (Wildman–Crippen LogP) is 4.05. The lowest BCUT2D eigenvalue weighted by molar-refractivity contribution is -0.120. The Bertz CT molecular complexity index is 830. The minimum atomic E-state index is 0.0128. The maximum Gasteiger partial charge on any atom is 0.226 e. The normalized spacial score (nSPS) is 10.9. The van der Waals surface area contributed by atoms with Gasteiger partial charge in [-0.05, 0) is 36.6 Å². The molecule has 2 aromatic carbocycles. The van der Waals surface area contributed by atoms with Gasteiger partial charge in [-0.15, -0.1) is 11.3 Å². The largest absolute Gasteiger partial charge is 0.382 e. The lowest BCUT2D eigenvalue weighted by Gasteiger charge is -2.03. The van der Waals surface area contributed by atoms with Crippen LogP contribution in [-0.2, 0) is 16.0 Å². The van der Waals surface area contributed by atoms with Crippen molar-refractivity contribution in [2.75, 3.05) is 19.8 Å². The first-order valence-electron chi connectivity index (χ1n) is 8.55. The summed E-state index contributed by atoms with van der Waals surface area (Å²) >= 11 is 1.59. The number of nitrogens with one attached hydrogen (secondary N) is 1. The number of hydrogen-bond donors (Lipinski definition) is 1. The van der Waals surface area contributed by atoms with Gasteiger partial charge in [0.15, 0.2) is 0 Å². The Labute approximate surface area is 151 Å². The van der Waals surface area contributed by atoms with Crippen molar-refractivity contribution in [1.29, 1.82) is 0 Å². The van der Waals surface area contributed by atoms with E-state index in [1.807, 2.05) is 31.2 Å². The van der Waals surface area contributed by atoms with Crippen molar-refractivity contribution in [2.45, 2.75) is 19.8 Å². The zero-order chi connectivity index (χ0) is 17.5. The van der Waals surface area contributed by atoms with Gasteiger partial charge in [-0.1, -0.05) is 36.4 Å². The number of hydrogen-bond acceptors (Lipinski definition) is 4. The second-order valence-corrected chi connectivity index (χ2v) is 6.85. The van der Waals surface area contributed by atoms with Gasteiger partial charge in [0.05, 0.1) is 16.6 Å². The number of nitrogens with zero attached hydrogens (tertiary/aromatic N) is 1. The van der Waals surface area contributed by atoms with Gasteiger partial charge < -0.3 is 10.1 Å². The van der Waals surface area contributed by atoms with Crippen LogP contribution in [0.4, 0.5) is 0 Å². The van der Waals surface area contributed by atoms with Crippen molar-refractivity contribution < 1.29 is 9.53 Å². The Morgan fingerprint density at radius 2 is 2.00 bits per heavy atom. The van der Waals surface area contributed by atoms with Gasteiger partial charge in [0.25, 0.3) is 0 Å². The maximum atomic E-state index is 12.0. The van der Waals surface area contributed by atoms with Crippen LogP contribution in [0.25, 0.3) is 21.3 Å². The van der Waals surface area contributed by atoms with Crippen molar-refractivity contribution >= 4 is 27.5 Å². The van der Waals surface area contributed by atoms with Gasteiger partial charge in [-0.3, -0.25) is 4.79 Å². The van der Waals surface area contributed by atoms with E-state index in [1.54, 1.807) is 11.3 Å². The van der Waals surface area contributed by atoms with E-state index in [0.717, 1.165) is 21.6 Å². The average Bonchev–Trinajstić information content (AvgIpc) is 3.03. The molecular weight excluding hydrogens is 332 g/mol. The van der Waals surface area contributed by atoms with Crippen LogP contribution in [0.3, 0.4) is 0 Å². The topological polar surface area (TPSA) is 51.2 Å². The summed E-state index contributed by atoms with van der Waals surface area (Å²) in [5.41, 5.74) is 3.30. The van der Waals surface area contributed by atoms with E-state index in [-0.39, 0.29) is 5.91 Å². The van der Waals surface area contributed by atoms with E-state index in [9.17, 15) is 4.79 Å². The van der Waals surface area contributed by atoms with Crippen LogP contribution in [0, 0.1) is 0 Å². The Morgan fingerprint density at radius 3 is 2.80 bits per heavy atom. The van der Waals surface area contributed by atoms with Gasteiger partial charge in [0.1, 0.15) is 5.01 Å². The monoisotopic (exact) mass is 354 g/mol. The zero-order valence-corrected chi connectivity index (χ0v) is 15.1. The first kappa shape index (κ1) is 17.6. The predicted molar refractivity (Wildman–Crippen MR) is 103 cm³/mol. The Morgan fingerprint density at radius 1 is 1.16 bits per heavy atom. The first-order chi connectivity index (χ1) is 12.3. The molecule has 1 amide bonds. The van der Waals surface area contributed by atoms with Crippen LogP contribution in [-0.4, -0.2) is 30.6 Å². The Balaban J connectivity index is 1.62. The lowest BCUT2D eigenvalue weighted by Crippen LogP contribution is -2.26. The van der Waals surface area contributed by atoms with Gasteiger partial charge in [-0.2, -0.15) is 0 Å². The van der Waals surface area contributed by atoms with Crippen molar-refractivity contribution in [2.24, 2.45) is 0 Å². The van der Waals surface area contributed by atoms with Crippen LogP contribution in [0.1, 0.15) is 18.4 Å². The molecule has 0 aliphatic carbocycles. The fraction of sp³-hybridized carbons (Fsp3) is 0.300. The number of carbonyl (C=O) groups excluding carboxylic acids is 1. The molecule has 0 radical (unpaired) electrons. The number of ether oxygens (including phenoxy) is 1. The molecule has 3 aromatic rings. The van der Waals surface area contributed by atoms with Gasteiger partial charge in [0, 0.05) is 19.8 Å². The SMILES string of the molecule is CCOCCCNC(=O)Cc1nc2ccc(-c3ccccc3)cc2s1. The summed E-state index contributed by atoms with van der Waals surface area (Å²) in [5, 5.41) is 3.77. The molecule has 130 valence electrons. The fourth-order valence-electron chi connectivity index (χ4n) is 2.60. The van der Waals surface area contributed by atoms with Crippen LogP contribution >= 0.6 is 11.3 Å². The summed E-state index contributed by atoms with van der Waals surface area (Å²) in [6.45, 7) is 4.00. The van der Waals surface area contributed by atoms with E-state index in [0.29, 0.717) is 26.2 Å². The van der Waals surface area contributed by atoms with Crippen LogP contribution in [0.2, 0.25) is 0 Å². The van der Waals surface area contributed by atoms with Gasteiger partial charge >= 0.3 is 0 Å². The summed E-state index contributed by atoms with van der Waals surface area (Å²) in [5.74, 6) is 0.0128. The lowest BCUT2D eigenvalue weighted by atomic mass is 10.1. The van der Waals surface area contributed by atoms with Crippen molar-refractivity contribution in [3.05, 3.63) is 53.5 Å². The third-order valence-corrected chi connectivity index (χ3v) is 4.86.